The number of benzene rings is 1. The Morgan fingerprint density at radius 2 is 1.24 bits per heavy atom. The fraction of sp³-hybridized carbons (Fsp3) is 0.714. The number of hydrogen-bond donors (Lipinski definition) is 0. The molecule has 21 heavy (non-hydrogen) atoms. The highest BCUT2D eigenvalue weighted by atomic mass is 14.2. The maximum absolute atomic E-state index is 2.37. The Morgan fingerprint density at radius 1 is 0.762 bits per heavy atom. The van der Waals surface area contributed by atoms with E-state index in [1.165, 1.54) is 30.4 Å². The van der Waals surface area contributed by atoms with Gasteiger partial charge in [0.2, 0.25) is 0 Å². The second kappa shape index (κ2) is 10.9. The second-order valence-electron chi connectivity index (χ2n) is 6.66. The molecule has 2 unspecified atom stereocenters. The van der Waals surface area contributed by atoms with Crippen LogP contribution >= 0.6 is 0 Å². The smallest absolute Gasteiger partial charge is 0.0141 e. The standard InChI is InChI=1S/C19H32.C2H6/c1-7-16(13-14(3)4)17-9-11-18(12-10-17)19(8-2)15(5)6;1-2/h9-12,14-16,19H,7-8,13H2,1-6H3;1-2H3. The van der Waals surface area contributed by atoms with Crippen molar-refractivity contribution in [3.8, 4) is 0 Å². The molecule has 0 aliphatic rings. The maximum atomic E-state index is 2.37. The van der Waals surface area contributed by atoms with Crippen molar-refractivity contribution in [2.75, 3.05) is 0 Å². The first-order valence-electron chi connectivity index (χ1n) is 9.09. The summed E-state index contributed by atoms with van der Waals surface area (Å²) in [6.45, 7) is 17.9. The van der Waals surface area contributed by atoms with Crippen LogP contribution in [0.2, 0.25) is 0 Å². The quantitative estimate of drug-likeness (QED) is 0.490. The van der Waals surface area contributed by atoms with Crippen molar-refractivity contribution >= 4 is 0 Å². The third kappa shape index (κ3) is 6.68. The van der Waals surface area contributed by atoms with Crippen molar-refractivity contribution in [2.24, 2.45) is 11.8 Å². The molecule has 0 heteroatoms. The molecule has 0 amide bonds. The lowest BCUT2D eigenvalue weighted by atomic mass is 9.83. The van der Waals surface area contributed by atoms with Gasteiger partial charge in [-0.15, -0.1) is 0 Å². The molecule has 0 aromatic heterocycles. The lowest BCUT2D eigenvalue weighted by molar-refractivity contribution is 0.481. The molecule has 0 saturated heterocycles. The van der Waals surface area contributed by atoms with E-state index in [0.717, 1.165) is 17.8 Å². The summed E-state index contributed by atoms with van der Waals surface area (Å²) >= 11 is 0. The lowest BCUT2D eigenvalue weighted by Crippen LogP contribution is -2.06. The van der Waals surface area contributed by atoms with Gasteiger partial charge in [0.1, 0.15) is 0 Å². The zero-order valence-corrected chi connectivity index (χ0v) is 15.7. The Kier molecular flexibility index (Phi) is 10.5. The van der Waals surface area contributed by atoms with E-state index in [0.29, 0.717) is 5.92 Å². The minimum absolute atomic E-state index is 0.708. The normalized spacial score (nSPS) is 13.8. The topological polar surface area (TPSA) is 0 Å². The van der Waals surface area contributed by atoms with E-state index in [4.69, 9.17) is 0 Å². The summed E-state index contributed by atoms with van der Waals surface area (Å²) in [6, 6.07) is 9.48. The molecular formula is C21H38. The summed E-state index contributed by atoms with van der Waals surface area (Å²) in [7, 11) is 0. The van der Waals surface area contributed by atoms with Crippen molar-refractivity contribution in [3.05, 3.63) is 35.4 Å². The first kappa shape index (κ1) is 20.2. The Balaban J connectivity index is 0.00000191. The monoisotopic (exact) mass is 290 g/mol. The molecule has 122 valence electrons. The average molecular weight is 291 g/mol. The van der Waals surface area contributed by atoms with Gasteiger partial charge in [-0.05, 0) is 54.1 Å². The Hall–Kier alpha value is -0.780. The lowest BCUT2D eigenvalue weighted by Gasteiger charge is -2.22. The Bertz CT molecular complexity index is 345. The van der Waals surface area contributed by atoms with Gasteiger partial charge in [-0.2, -0.15) is 0 Å². The van der Waals surface area contributed by atoms with E-state index < -0.39 is 0 Å². The van der Waals surface area contributed by atoms with Crippen LogP contribution < -0.4 is 0 Å². The molecule has 0 radical (unpaired) electrons. The molecule has 0 aliphatic carbocycles. The highest BCUT2D eigenvalue weighted by Gasteiger charge is 2.15. The molecule has 0 aliphatic heterocycles. The molecule has 0 heterocycles. The third-order valence-electron chi connectivity index (χ3n) is 4.33. The van der Waals surface area contributed by atoms with E-state index in [9.17, 15) is 0 Å². The Labute approximate surface area is 134 Å². The van der Waals surface area contributed by atoms with E-state index in [-0.39, 0.29) is 0 Å². The van der Waals surface area contributed by atoms with Crippen LogP contribution in [0.3, 0.4) is 0 Å². The highest BCUT2D eigenvalue weighted by molar-refractivity contribution is 5.28. The molecule has 0 saturated carbocycles. The zero-order valence-electron chi connectivity index (χ0n) is 15.7. The largest absolute Gasteiger partial charge is 0.0683 e. The first-order chi connectivity index (χ1) is 9.99. The number of rotatable bonds is 7. The molecule has 0 fully saturated rings. The van der Waals surface area contributed by atoms with E-state index in [1.807, 2.05) is 13.8 Å². The summed E-state index contributed by atoms with van der Waals surface area (Å²) in [5.74, 6) is 2.95. The molecule has 1 aromatic carbocycles. The van der Waals surface area contributed by atoms with Crippen LogP contribution in [0.5, 0.6) is 0 Å². The van der Waals surface area contributed by atoms with Crippen LogP contribution in [-0.4, -0.2) is 0 Å². The molecule has 0 spiro atoms. The van der Waals surface area contributed by atoms with Crippen LogP contribution in [0, 0.1) is 11.8 Å². The van der Waals surface area contributed by atoms with Crippen molar-refractivity contribution in [2.45, 2.75) is 86.5 Å². The van der Waals surface area contributed by atoms with E-state index >= 15 is 0 Å². The van der Waals surface area contributed by atoms with Crippen LogP contribution in [-0.2, 0) is 0 Å². The first-order valence-corrected chi connectivity index (χ1v) is 9.09. The fourth-order valence-corrected chi connectivity index (χ4v) is 3.21. The fourth-order valence-electron chi connectivity index (χ4n) is 3.21. The van der Waals surface area contributed by atoms with Crippen molar-refractivity contribution in [1.29, 1.82) is 0 Å². The highest BCUT2D eigenvalue weighted by Crippen LogP contribution is 2.31. The van der Waals surface area contributed by atoms with E-state index in [1.54, 1.807) is 0 Å². The number of hydrogen-bond acceptors (Lipinski definition) is 0. The summed E-state index contributed by atoms with van der Waals surface area (Å²) in [5, 5.41) is 0. The van der Waals surface area contributed by atoms with Gasteiger partial charge in [0.05, 0.1) is 0 Å². The second-order valence-corrected chi connectivity index (χ2v) is 6.66. The van der Waals surface area contributed by atoms with Gasteiger partial charge < -0.3 is 0 Å². The molecular weight excluding hydrogens is 252 g/mol. The van der Waals surface area contributed by atoms with Gasteiger partial charge >= 0.3 is 0 Å². The van der Waals surface area contributed by atoms with Gasteiger partial charge in [0, 0.05) is 0 Å². The summed E-state index contributed by atoms with van der Waals surface area (Å²) in [4.78, 5) is 0. The van der Waals surface area contributed by atoms with Gasteiger partial charge in [-0.1, -0.05) is 79.7 Å². The maximum Gasteiger partial charge on any atom is -0.0141 e. The van der Waals surface area contributed by atoms with E-state index in [2.05, 4.69) is 65.8 Å². The SMILES string of the molecule is CC.CCC(CC(C)C)c1ccc(C(CC)C(C)C)cc1. The molecule has 2 atom stereocenters. The van der Waals surface area contributed by atoms with Crippen LogP contribution in [0.4, 0.5) is 0 Å². The third-order valence-corrected chi connectivity index (χ3v) is 4.33. The average Bonchev–Trinajstić information content (AvgIpc) is 2.48. The summed E-state index contributed by atoms with van der Waals surface area (Å²) in [5.41, 5.74) is 3.04. The van der Waals surface area contributed by atoms with Crippen LogP contribution in [0.1, 0.15) is 97.6 Å². The van der Waals surface area contributed by atoms with Crippen molar-refractivity contribution in [3.63, 3.8) is 0 Å². The summed E-state index contributed by atoms with van der Waals surface area (Å²) in [6.07, 6.45) is 3.79. The minimum Gasteiger partial charge on any atom is -0.0683 e. The zero-order chi connectivity index (χ0) is 16.4. The van der Waals surface area contributed by atoms with Crippen LogP contribution in [0.15, 0.2) is 24.3 Å². The molecule has 1 aromatic rings. The van der Waals surface area contributed by atoms with Crippen molar-refractivity contribution in [1.82, 2.24) is 0 Å². The molecule has 0 N–H and O–H groups in total. The van der Waals surface area contributed by atoms with Gasteiger partial charge in [0.15, 0.2) is 0 Å². The van der Waals surface area contributed by atoms with Gasteiger partial charge in [0.25, 0.3) is 0 Å². The Morgan fingerprint density at radius 3 is 1.57 bits per heavy atom. The van der Waals surface area contributed by atoms with Crippen LogP contribution in [0.25, 0.3) is 0 Å². The summed E-state index contributed by atoms with van der Waals surface area (Å²) < 4.78 is 0. The van der Waals surface area contributed by atoms with Gasteiger partial charge in [-0.25, -0.2) is 0 Å². The van der Waals surface area contributed by atoms with Crippen molar-refractivity contribution < 1.29 is 0 Å². The molecule has 0 bridgehead atoms. The predicted octanol–water partition coefficient (Wildman–Crippen LogP) is 7.40. The van der Waals surface area contributed by atoms with Gasteiger partial charge in [-0.3, -0.25) is 0 Å². The minimum atomic E-state index is 0.708. The molecule has 0 nitrogen and oxygen atoms in total. The predicted molar refractivity (Wildman–Crippen MR) is 98.1 cm³/mol. The molecule has 1 rings (SSSR count).